The maximum Gasteiger partial charge on any atom is 0.338 e. The molecule has 2 saturated heterocycles. The molecule has 2 aliphatic heterocycles. The summed E-state index contributed by atoms with van der Waals surface area (Å²) in [4.78, 5) is 27.0. The van der Waals surface area contributed by atoms with Crippen molar-refractivity contribution in [1.29, 1.82) is 0 Å². The number of thioether (sulfide) groups is 1. The first kappa shape index (κ1) is 53.8. The van der Waals surface area contributed by atoms with Gasteiger partial charge in [0.05, 0.1) is 38.1 Å². The molecule has 0 radical (unpaired) electrons. The Morgan fingerprint density at radius 3 is 1.47 bits per heavy atom. The number of hydrogen-bond acceptors (Lipinski definition) is 12. The Balaban J connectivity index is 1.24. The van der Waals surface area contributed by atoms with Crippen molar-refractivity contribution in [3.63, 3.8) is 0 Å². The first-order chi connectivity index (χ1) is 35.4. The topological polar surface area (TPSA) is 117 Å². The van der Waals surface area contributed by atoms with Crippen LogP contribution in [0.1, 0.15) is 68.6 Å². The highest BCUT2D eigenvalue weighted by Crippen LogP contribution is 2.41. The zero-order valence-corrected chi connectivity index (χ0v) is 44.3. The molecule has 0 N–H and O–H groups in total. The van der Waals surface area contributed by atoms with Gasteiger partial charge in [-0.2, -0.15) is 0 Å². The maximum atomic E-state index is 13.8. The highest BCUT2D eigenvalue weighted by Gasteiger charge is 2.57. The number of carbonyl (C=O) groups is 2. The summed E-state index contributed by atoms with van der Waals surface area (Å²) in [7, 11) is -3.16. The van der Waals surface area contributed by atoms with E-state index < -0.39 is 80.8 Å². The molecule has 0 saturated carbocycles. The molecule has 384 valence electrons. The molecule has 0 amide bonds. The van der Waals surface area contributed by atoms with Gasteiger partial charge in [-0.1, -0.05) is 198 Å². The zero-order valence-electron chi connectivity index (χ0n) is 42.5. The van der Waals surface area contributed by atoms with Crippen molar-refractivity contribution >= 4 is 42.4 Å². The van der Waals surface area contributed by atoms with Crippen LogP contribution in [0.2, 0.25) is 5.04 Å². The smallest absolute Gasteiger partial charge is 0.338 e. The fourth-order valence-corrected chi connectivity index (χ4v) is 15.3. The van der Waals surface area contributed by atoms with Crippen LogP contribution in [0.4, 0.5) is 0 Å². The quantitative estimate of drug-likeness (QED) is 0.0505. The van der Waals surface area contributed by atoms with Crippen LogP contribution in [0, 0.1) is 0 Å². The lowest BCUT2D eigenvalue weighted by Gasteiger charge is -2.50. The summed E-state index contributed by atoms with van der Waals surface area (Å²) in [6.07, 6.45) is -8.66. The van der Waals surface area contributed by atoms with Gasteiger partial charge >= 0.3 is 11.9 Å². The molecule has 0 aliphatic carbocycles. The van der Waals surface area contributed by atoms with Crippen molar-refractivity contribution in [2.75, 3.05) is 12.4 Å². The summed E-state index contributed by atoms with van der Waals surface area (Å²) in [5.74, 6) is -0.476. The molecule has 2 fully saturated rings. The Morgan fingerprint density at radius 2 is 1.00 bits per heavy atom. The first-order valence-electron chi connectivity index (χ1n) is 25.2. The fraction of sp³-hybridized carbons (Fsp3) is 0.367. The van der Waals surface area contributed by atoms with E-state index in [-0.39, 0.29) is 31.5 Å². The van der Waals surface area contributed by atoms with E-state index in [2.05, 4.69) is 76.2 Å². The van der Waals surface area contributed by atoms with Crippen LogP contribution in [0.3, 0.4) is 0 Å². The third kappa shape index (κ3) is 13.5. The van der Waals surface area contributed by atoms with Crippen LogP contribution in [0.15, 0.2) is 182 Å². The molecule has 0 spiro atoms. The van der Waals surface area contributed by atoms with Gasteiger partial charge in [-0.05, 0) is 56.9 Å². The third-order valence-corrected chi connectivity index (χ3v) is 19.3. The molecular weight excluding hydrogens is 957 g/mol. The predicted octanol–water partition coefficient (Wildman–Crippen LogP) is 10.1. The minimum Gasteiger partial charge on any atom is -0.455 e. The molecule has 0 unspecified atom stereocenters. The molecule has 2 heterocycles. The molecule has 6 aromatic carbocycles. The molecule has 0 bridgehead atoms. The van der Waals surface area contributed by atoms with E-state index in [1.807, 2.05) is 109 Å². The fourth-order valence-electron chi connectivity index (χ4n) is 9.78. The highest BCUT2D eigenvalue weighted by molar-refractivity contribution is 7.99. The Morgan fingerprint density at radius 1 is 0.548 bits per heavy atom. The van der Waals surface area contributed by atoms with Gasteiger partial charge in [0.1, 0.15) is 36.0 Å². The largest absolute Gasteiger partial charge is 0.455 e. The molecule has 2 aliphatic rings. The maximum absolute atomic E-state index is 13.8. The van der Waals surface area contributed by atoms with Gasteiger partial charge < -0.3 is 42.3 Å². The van der Waals surface area contributed by atoms with Crippen LogP contribution >= 0.6 is 11.8 Å². The Kier molecular flexibility index (Phi) is 18.9. The van der Waals surface area contributed by atoms with Gasteiger partial charge in [0.25, 0.3) is 8.32 Å². The average molecular weight is 1030 g/mol. The summed E-state index contributed by atoms with van der Waals surface area (Å²) in [5, 5.41) is 1.87. The number of carbonyl (C=O) groups excluding carboxylic acids is 2. The van der Waals surface area contributed by atoms with E-state index in [9.17, 15) is 9.59 Å². The van der Waals surface area contributed by atoms with Gasteiger partial charge in [0, 0.05) is 6.92 Å². The summed E-state index contributed by atoms with van der Waals surface area (Å²) in [5.41, 5.74) is 2.61. The summed E-state index contributed by atoms with van der Waals surface area (Å²) in [6.45, 7) is 12.6. The summed E-state index contributed by atoms with van der Waals surface area (Å²) < 4.78 is 62.7. The highest BCUT2D eigenvalue weighted by atomic mass is 32.2. The molecular formula is C60H68O11SSi. The van der Waals surface area contributed by atoms with Crippen molar-refractivity contribution in [2.24, 2.45) is 0 Å². The lowest BCUT2D eigenvalue weighted by Crippen LogP contribution is -2.69. The molecule has 0 aromatic heterocycles. The van der Waals surface area contributed by atoms with Crippen molar-refractivity contribution in [3.8, 4) is 0 Å². The van der Waals surface area contributed by atoms with Gasteiger partial charge in [-0.25, -0.2) is 4.79 Å². The van der Waals surface area contributed by atoms with Crippen molar-refractivity contribution in [3.05, 3.63) is 204 Å². The predicted molar refractivity (Wildman–Crippen MR) is 286 cm³/mol. The second-order valence-corrected chi connectivity index (χ2v) is 25.1. The normalized spacial score (nSPS) is 24.4. The van der Waals surface area contributed by atoms with Gasteiger partial charge in [0.2, 0.25) is 0 Å². The van der Waals surface area contributed by atoms with Crippen molar-refractivity contribution in [1.82, 2.24) is 0 Å². The molecule has 13 heteroatoms. The number of benzene rings is 6. The lowest BCUT2D eigenvalue weighted by molar-refractivity contribution is -0.345. The van der Waals surface area contributed by atoms with Crippen LogP contribution < -0.4 is 10.4 Å². The van der Waals surface area contributed by atoms with Gasteiger partial charge in [-0.15, -0.1) is 11.8 Å². The summed E-state index contributed by atoms with van der Waals surface area (Å²) >= 11 is 1.63. The van der Waals surface area contributed by atoms with Crippen molar-refractivity contribution in [2.45, 2.75) is 127 Å². The molecule has 8 rings (SSSR count). The Labute approximate surface area is 435 Å². The number of rotatable bonds is 21. The molecule has 6 aromatic rings. The van der Waals surface area contributed by atoms with Crippen molar-refractivity contribution < 1.29 is 51.9 Å². The monoisotopic (exact) mass is 1020 g/mol. The van der Waals surface area contributed by atoms with Crippen LogP contribution in [0.5, 0.6) is 0 Å². The minimum atomic E-state index is -3.16. The lowest BCUT2D eigenvalue weighted by atomic mass is 9.96. The van der Waals surface area contributed by atoms with E-state index >= 15 is 0 Å². The van der Waals surface area contributed by atoms with E-state index in [0.717, 1.165) is 32.8 Å². The van der Waals surface area contributed by atoms with Gasteiger partial charge in [0.15, 0.2) is 18.5 Å². The Hall–Kier alpha value is -5.45. The van der Waals surface area contributed by atoms with Crippen LogP contribution in [0.25, 0.3) is 0 Å². The number of hydrogen-bond donors (Lipinski definition) is 0. The minimum absolute atomic E-state index is 0.0910. The zero-order chi connectivity index (χ0) is 51.2. The molecule has 11 nitrogen and oxygen atoms in total. The summed E-state index contributed by atoms with van der Waals surface area (Å²) in [6, 6.07) is 59.3. The standard InChI is InChI=1S/C60H68O11SSi/c1-7-72-59-56(65-40-46-30-18-10-19-31-46)53(63-38-44-26-14-8-15-27-44)52(50(69-59)41-66-73(60(4,5)6,48-34-22-12-23-35-48)49-36-24-13-25-37-49)71-58-55(64-39-45-28-16-9-17-29-45)54(68-43(3)61)51(42(2)67-58)70-57(62)47-32-20-11-21-33-47/h8-37,42,50-56,58-59H,7,38-41H2,1-6H3/t42-,50+,51+,52+,53-,54+,55-,56+,58-,59-/m0/s1. The second-order valence-electron chi connectivity index (χ2n) is 19.4. The third-order valence-electron chi connectivity index (χ3n) is 13.2. The van der Waals surface area contributed by atoms with E-state index in [0.29, 0.717) is 5.56 Å². The van der Waals surface area contributed by atoms with E-state index in [1.165, 1.54) is 6.92 Å². The van der Waals surface area contributed by atoms with E-state index in [1.54, 1.807) is 43.0 Å². The Bertz CT molecular complexity index is 2550. The second kappa shape index (κ2) is 25.7. The van der Waals surface area contributed by atoms with Crippen LogP contribution in [-0.4, -0.2) is 93.2 Å². The number of ether oxygens (including phenoxy) is 8. The van der Waals surface area contributed by atoms with Gasteiger partial charge in [-0.3, -0.25) is 4.79 Å². The number of esters is 2. The van der Waals surface area contributed by atoms with Crippen LogP contribution in [-0.2, 0) is 66.9 Å². The first-order valence-corrected chi connectivity index (χ1v) is 28.1. The molecule has 10 atom stereocenters. The molecule has 73 heavy (non-hydrogen) atoms. The average Bonchev–Trinajstić information content (AvgIpc) is 3.40. The SMILES string of the molecule is CCS[C@@H]1O[C@H](CO[Si](c2ccccc2)(c2ccccc2)C(C)(C)C)[C@@H](O[C@@H]2O[C@@H](C)[C@@H](OC(=O)c3ccccc3)[C@@H](OC(C)=O)[C@@H]2OCc2ccccc2)[C@H](OCc2ccccc2)[C@H]1OCc1ccccc1. The van der Waals surface area contributed by atoms with E-state index in [4.69, 9.17) is 42.3 Å².